The molecule has 0 saturated heterocycles. The van der Waals surface area contributed by atoms with Gasteiger partial charge in [0, 0.05) is 29.6 Å². The summed E-state index contributed by atoms with van der Waals surface area (Å²) in [6.45, 7) is 4.80. The predicted molar refractivity (Wildman–Crippen MR) is 124 cm³/mol. The Morgan fingerprint density at radius 2 is 2.13 bits per heavy atom. The van der Waals surface area contributed by atoms with Crippen molar-refractivity contribution < 1.29 is 0 Å². The number of aryl methyl sites for hydroxylation is 1. The van der Waals surface area contributed by atoms with Crippen LogP contribution in [0.5, 0.6) is 0 Å². The lowest BCUT2D eigenvalue weighted by molar-refractivity contribution is 0.626. The third-order valence-electron chi connectivity index (χ3n) is 5.13. The second-order valence-corrected chi connectivity index (χ2v) is 9.05. The van der Waals surface area contributed by atoms with Crippen molar-refractivity contribution >= 4 is 46.2 Å². The second kappa shape index (κ2) is 9.23. The Morgan fingerprint density at radius 1 is 1.29 bits per heavy atom. The average Bonchev–Trinajstić information content (AvgIpc) is 3.17. The van der Waals surface area contributed by atoms with E-state index in [-0.39, 0.29) is 12.1 Å². The summed E-state index contributed by atoms with van der Waals surface area (Å²) in [6.07, 6.45) is 7.37. The maximum atomic E-state index is 13.2. The molecule has 0 atom stereocenters. The van der Waals surface area contributed by atoms with Crippen LogP contribution in [0.1, 0.15) is 36.5 Å². The molecule has 0 radical (unpaired) electrons. The molecular formula is C22H19Cl2N5OS. The number of hydrogen-bond acceptors (Lipinski definition) is 5. The van der Waals surface area contributed by atoms with Gasteiger partial charge in [-0.05, 0) is 36.6 Å². The van der Waals surface area contributed by atoms with Gasteiger partial charge in [0.05, 0.1) is 4.53 Å². The van der Waals surface area contributed by atoms with Crippen molar-refractivity contribution in [1.29, 1.82) is 5.26 Å². The maximum Gasteiger partial charge on any atom is 0.269 e. The fourth-order valence-electron chi connectivity index (χ4n) is 3.62. The molecule has 9 heteroatoms. The zero-order chi connectivity index (χ0) is 22.0. The highest BCUT2D eigenvalue weighted by atomic mass is 35.5. The fourth-order valence-corrected chi connectivity index (χ4v) is 5.18. The molecule has 0 unspecified atom stereocenters. The first-order valence-electron chi connectivity index (χ1n) is 9.87. The number of aromatic nitrogens is 4. The Balaban J connectivity index is 1.99. The Morgan fingerprint density at radius 3 is 2.87 bits per heavy atom. The maximum absolute atomic E-state index is 13.2. The van der Waals surface area contributed by atoms with E-state index in [1.54, 1.807) is 34.9 Å². The van der Waals surface area contributed by atoms with Crippen LogP contribution in [0.2, 0.25) is 10.0 Å². The zero-order valence-corrected chi connectivity index (χ0v) is 19.0. The summed E-state index contributed by atoms with van der Waals surface area (Å²) in [5, 5.41) is 19.6. The molecule has 0 N–H and O–H groups in total. The van der Waals surface area contributed by atoms with Gasteiger partial charge in [-0.25, -0.2) is 0 Å². The number of fused-ring (bicyclic) bond motifs is 1. The molecular weight excluding hydrogens is 453 g/mol. The molecule has 3 aromatic rings. The van der Waals surface area contributed by atoms with Crippen LogP contribution in [0.25, 0.3) is 11.6 Å². The molecule has 6 nitrogen and oxygen atoms in total. The number of halogens is 2. The number of nitriles is 1. The molecule has 0 fully saturated rings. The smallest absolute Gasteiger partial charge is 0.269 e. The first-order chi connectivity index (χ1) is 15.0. The summed E-state index contributed by atoms with van der Waals surface area (Å²) in [5.74, 6) is 1.39. The van der Waals surface area contributed by atoms with Crippen LogP contribution in [0.4, 0.5) is 0 Å². The van der Waals surface area contributed by atoms with E-state index in [1.165, 1.54) is 11.3 Å². The number of allylic oxidation sites excluding steroid dienone is 1. The summed E-state index contributed by atoms with van der Waals surface area (Å²) in [7, 11) is 0. The molecule has 3 heterocycles. The van der Waals surface area contributed by atoms with E-state index in [1.807, 2.05) is 4.57 Å². The van der Waals surface area contributed by atoms with Crippen LogP contribution >= 0.6 is 34.5 Å². The summed E-state index contributed by atoms with van der Waals surface area (Å²) in [5.41, 5.74) is 0.803. The van der Waals surface area contributed by atoms with E-state index < -0.39 is 0 Å². The normalized spacial score (nSPS) is 15.2. The number of thiazole rings is 1. The minimum atomic E-state index is -0.214. The van der Waals surface area contributed by atoms with Gasteiger partial charge in [0.15, 0.2) is 5.82 Å². The third-order valence-corrected chi connectivity index (χ3v) is 6.82. The summed E-state index contributed by atoms with van der Waals surface area (Å²) in [4.78, 5) is 13.2. The lowest BCUT2D eigenvalue weighted by Crippen LogP contribution is -2.32. The second-order valence-electron chi connectivity index (χ2n) is 7.18. The highest BCUT2D eigenvalue weighted by molar-refractivity contribution is 7.07. The monoisotopic (exact) mass is 471 g/mol. The van der Waals surface area contributed by atoms with E-state index in [2.05, 4.69) is 22.8 Å². The van der Waals surface area contributed by atoms with Crippen molar-refractivity contribution in [2.24, 2.45) is 0 Å². The van der Waals surface area contributed by atoms with E-state index in [9.17, 15) is 10.1 Å². The summed E-state index contributed by atoms with van der Waals surface area (Å²) >= 11 is 13.5. The Bertz CT molecular complexity index is 1380. The summed E-state index contributed by atoms with van der Waals surface area (Å²) in [6, 6.07) is 7.37. The van der Waals surface area contributed by atoms with Gasteiger partial charge in [-0.1, -0.05) is 41.8 Å². The quantitative estimate of drug-likeness (QED) is 0.547. The minimum absolute atomic E-state index is 0.214. The number of benzene rings is 1. The molecule has 0 bridgehead atoms. The molecule has 1 aliphatic heterocycles. The van der Waals surface area contributed by atoms with Gasteiger partial charge in [-0.3, -0.25) is 9.36 Å². The first-order valence-corrected chi connectivity index (χ1v) is 11.4. The molecule has 1 aromatic carbocycles. The Kier molecular flexibility index (Phi) is 6.42. The van der Waals surface area contributed by atoms with E-state index in [4.69, 9.17) is 23.2 Å². The molecule has 2 aromatic heterocycles. The lowest BCUT2D eigenvalue weighted by atomic mass is 10.2. The van der Waals surface area contributed by atoms with Crippen molar-refractivity contribution in [3.8, 4) is 6.07 Å². The standard InChI is InChI=1S/C22H19Cl2N5OS/c1-2-9-29-21(30)18(11-14-7-8-15(23)12-17(14)24)31-22(29)16(13-25)20-27-26-19-6-4-3-5-10-28(19)20/h2,7-8,11-12H,1,3-6,9-10H2. The van der Waals surface area contributed by atoms with Crippen molar-refractivity contribution in [2.75, 3.05) is 0 Å². The van der Waals surface area contributed by atoms with Gasteiger partial charge in [-0.2, -0.15) is 5.26 Å². The molecule has 0 amide bonds. The van der Waals surface area contributed by atoms with Gasteiger partial charge >= 0.3 is 0 Å². The summed E-state index contributed by atoms with van der Waals surface area (Å²) < 4.78 is 4.55. The first kappa shape index (κ1) is 21.6. The zero-order valence-electron chi connectivity index (χ0n) is 16.6. The number of hydrogen-bond donors (Lipinski definition) is 0. The Hall–Kier alpha value is -2.66. The van der Waals surface area contributed by atoms with Crippen molar-refractivity contribution in [2.45, 2.75) is 38.8 Å². The number of rotatable bonds is 4. The highest BCUT2D eigenvalue weighted by Crippen LogP contribution is 2.21. The van der Waals surface area contributed by atoms with Crippen molar-refractivity contribution in [3.05, 3.63) is 77.7 Å². The van der Waals surface area contributed by atoms with Crippen LogP contribution in [0.3, 0.4) is 0 Å². The van der Waals surface area contributed by atoms with Gasteiger partial charge in [0.25, 0.3) is 5.56 Å². The van der Waals surface area contributed by atoms with Crippen LogP contribution in [-0.4, -0.2) is 19.3 Å². The van der Waals surface area contributed by atoms with Crippen LogP contribution in [0, 0.1) is 11.3 Å². The average molecular weight is 472 g/mol. The third kappa shape index (κ3) is 4.24. The van der Waals surface area contributed by atoms with Gasteiger partial charge in [-0.15, -0.1) is 28.1 Å². The lowest BCUT2D eigenvalue weighted by Gasteiger charge is -2.06. The van der Waals surface area contributed by atoms with Gasteiger partial charge in [0.1, 0.15) is 22.1 Å². The highest BCUT2D eigenvalue weighted by Gasteiger charge is 2.20. The molecule has 0 spiro atoms. The van der Waals surface area contributed by atoms with Crippen LogP contribution < -0.4 is 14.8 Å². The molecule has 4 rings (SSSR count). The van der Waals surface area contributed by atoms with Gasteiger partial charge in [0.2, 0.25) is 0 Å². The van der Waals surface area contributed by atoms with Crippen LogP contribution in [0.15, 0.2) is 35.6 Å². The largest absolute Gasteiger partial charge is 0.310 e. The fraction of sp³-hybridized carbons (Fsp3) is 0.273. The van der Waals surface area contributed by atoms with E-state index >= 15 is 0 Å². The van der Waals surface area contributed by atoms with E-state index in [0.717, 1.165) is 38.1 Å². The van der Waals surface area contributed by atoms with Crippen molar-refractivity contribution in [3.63, 3.8) is 0 Å². The molecule has 0 aliphatic carbocycles. The topological polar surface area (TPSA) is 76.5 Å². The molecule has 158 valence electrons. The minimum Gasteiger partial charge on any atom is -0.310 e. The Labute approximate surface area is 193 Å². The molecule has 31 heavy (non-hydrogen) atoms. The molecule has 0 saturated carbocycles. The predicted octanol–water partition coefficient (Wildman–Crippen LogP) is 3.27. The number of nitrogens with zero attached hydrogens (tertiary/aromatic N) is 5. The van der Waals surface area contributed by atoms with Crippen LogP contribution in [-0.2, 0) is 19.5 Å². The van der Waals surface area contributed by atoms with Gasteiger partial charge < -0.3 is 4.57 Å². The van der Waals surface area contributed by atoms with Crippen molar-refractivity contribution in [1.82, 2.24) is 19.3 Å². The molecule has 1 aliphatic rings. The SMILES string of the molecule is C=CCn1c(=C(C#N)c2nnc3n2CCCCC3)sc(=Cc2ccc(Cl)cc2Cl)c1=O. The van der Waals surface area contributed by atoms with E-state index in [0.29, 0.717) is 36.2 Å².